The third kappa shape index (κ3) is 2.67. The molecular formula is C10H12ClN3O. The quantitative estimate of drug-likeness (QED) is 0.749. The van der Waals surface area contributed by atoms with Gasteiger partial charge in [0.2, 0.25) is 5.91 Å². The van der Waals surface area contributed by atoms with Crippen LogP contribution >= 0.6 is 11.6 Å². The molecule has 0 radical (unpaired) electrons. The van der Waals surface area contributed by atoms with Gasteiger partial charge in [0.15, 0.2) is 0 Å². The second kappa shape index (κ2) is 4.59. The van der Waals surface area contributed by atoms with Crippen molar-refractivity contribution in [3.63, 3.8) is 0 Å². The summed E-state index contributed by atoms with van der Waals surface area (Å²) in [7, 11) is 0. The molecule has 1 aliphatic rings. The van der Waals surface area contributed by atoms with Crippen molar-refractivity contribution < 1.29 is 4.79 Å². The predicted octanol–water partition coefficient (Wildman–Crippen LogP) is 1.43. The first-order valence-electron chi connectivity index (χ1n) is 4.92. The number of aromatic nitrogens is 1. The number of hydrogen-bond acceptors (Lipinski definition) is 3. The molecule has 1 saturated heterocycles. The Morgan fingerprint density at radius 2 is 2.47 bits per heavy atom. The van der Waals surface area contributed by atoms with Crippen LogP contribution in [0.25, 0.3) is 0 Å². The molecule has 0 bridgehead atoms. The van der Waals surface area contributed by atoms with Crippen LogP contribution in [0.1, 0.15) is 12.8 Å². The molecule has 0 saturated carbocycles. The van der Waals surface area contributed by atoms with Crippen molar-refractivity contribution in [3.8, 4) is 0 Å². The smallest absolute Gasteiger partial charge is 0.242 e. The van der Waals surface area contributed by atoms with E-state index in [0.29, 0.717) is 11.0 Å². The molecular weight excluding hydrogens is 214 g/mol. The van der Waals surface area contributed by atoms with E-state index in [0.717, 1.165) is 19.4 Å². The van der Waals surface area contributed by atoms with Crippen LogP contribution in [0.4, 0.5) is 5.82 Å². The Bertz CT molecular complexity index is 363. The van der Waals surface area contributed by atoms with E-state index in [2.05, 4.69) is 15.6 Å². The van der Waals surface area contributed by atoms with Crippen molar-refractivity contribution in [2.75, 3.05) is 11.9 Å². The molecule has 1 atom stereocenters. The van der Waals surface area contributed by atoms with Gasteiger partial charge in [0.25, 0.3) is 0 Å². The van der Waals surface area contributed by atoms with Crippen molar-refractivity contribution >= 4 is 23.3 Å². The van der Waals surface area contributed by atoms with E-state index in [1.165, 1.54) is 0 Å². The van der Waals surface area contributed by atoms with Gasteiger partial charge in [-0.1, -0.05) is 17.7 Å². The Labute approximate surface area is 93.0 Å². The minimum atomic E-state index is -0.0919. The zero-order valence-electron chi connectivity index (χ0n) is 8.16. The highest BCUT2D eigenvalue weighted by molar-refractivity contribution is 6.29. The minimum absolute atomic E-state index is 0.0396. The first-order chi connectivity index (χ1) is 7.25. The van der Waals surface area contributed by atoms with Crippen LogP contribution < -0.4 is 10.6 Å². The number of pyridine rings is 1. The van der Waals surface area contributed by atoms with Crippen molar-refractivity contribution in [1.82, 2.24) is 10.3 Å². The lowest BCUT2D eigenvalue weighted by Gasteiger charge is -2.10. The molecule has 0 aromatic carbocycles. The van der Waals surface area contributed by atoms with E-state index in [1.807, 2.05) is 0 Å². The van der Waals surface area contributed by atoms with Crippen LogP contribution in [-0.4, -0.2) is 23.5 Å². The Hall–Kier alpha value is -1.13. The Morgan fingerprint density at radius 3 is 3.13 bits per heavy atom. The van der Waals surface area contributed by atoms with Crippen molar-refractivity contribution in [2.45, 2.75) is 18.9 Å². The molecule has 4 nitrogen and oxygen atoms in total. The predicted molar refractivity (Wildman–Crippen MR) is 58.9 cm³/mol. The van der Waals surface area contributed by atoms with Gasteiger partial charge in [0.1, 0.15) is 11.0 Å². The van der Waals surface area contributed by atoms with Crippen molar-refractivity contribution in [1.29, 1.82) is 0 Å². The van der Waals surface area contributed by atoms with Gasteiger partial charge in [-0.15, -0.1) is 0 Å². The highest BCUT2D eigenvalue weighted by atomic mass is 35.5. The molecule has 1 aromatic rings. The maximum Gasteiger partial charge on any atom is 0.242 e. The van der Waals surface area contributed by atoms with Gasteiger partial charge in [-0.05, 0) is 31.5 Å². The zero-order valence-corrected chi connectivity index (χ0v) is 8.92. The highest BCUT2D eigenvalue weighted by Crippen LogP contribution is 2.11. The summed E-state index contributed by atoms with van der Waals surface area (Å²) in [6, 6.07) is 5.06. The summed E-state index contributed by atoms with van der Waals surface area (Å²) in [5.74, 6) is 0.462. The third-order valence-corrected chi connectivity index (χ3v) is 2.55. The normalized spacial score (nSPS) is 20.2. The van der Waals surface area contributed by atoms with Crippen molar-refractivity contribution in [2.24, 2.45) is 0 Å². The fourth-order valence-electron chi connectivity index (χ4n) is 1.60. The van der Waals surface area contributed by atoms with E-state index < -0.39 is 0 Å². The lowest BCUT2D eigenvalue weighted by molar-refractivity contribution is -0.117. The molecule has 80 valence electrons. The number of nitrogens with one attached hydrogen (secondary N) is 2. The lowest BCUT2D eigenvalue weighted by Crippen LogP contribution is -2.35. The maximum absolute atomic E-state index is 11.7. The third-order valence-electron chi connectivity index (χ3n) is 2.34. The fraction of sp³-hybridized carbons (Fsp3) is 0.400. The number of rotatable bonds is 2. The van der Waals surface area contributed by atoms with E-state index in [9.17, 15) is 4.79 Å². The second-order valence-corrected chi connectivity index (χ2v) is 3.87. The van der Waals surface area contributed by atoms with E-state index >= 15 is 0 Å². The highest BCUT2D eigenvalue weighted by Gasteiger charge is 2.21. The number of hydrogen-bond donors (Lipinski definition) is 2. The summed E-state index contributed by atoms with van der Waals surface area (Å²) in [6.45, 7) is 0.904. The molecule has 1 amide bonds. The standard InChI is InChI=1S/C10H12ClN3O/c11-8-4-1-5-9(13-8)14-10(15)7-3-2-6-12-7/h1,4-5,7,12H,2-3,6H2,(H,13,14,15). The van der Waals surface area contributed by atoms with Crippen LogP contribution in [0, 0.1) is 0 Å². The number of carbonyl (C=O) groups is 1. The summed E-state index contributed by atoms with van der Waals surface area (Å²) < 4.78 is 0. The SMILES string of the molecule is O=C(Nc1cccc(Cl)n1)C1CCCN1. The Kier molecular flexibility index (Phi) is 3.18. The van der Waals surface area contributed by atoms with Crippen LogP contribution in [0.3, 0.4) is 0 Å². The number of anilines is 1. The minimum Gasteiger partial charge on any atom is -0.309 e. The lowest BCUT2D eigenvalue weighted by atomic mass is 10.2. The molecule has 15 heavy (non-hydrogen) atoms. The largest absolute Gasteiger partial charge is 0.309 e. The summed E-state index contributed by atoms with van der Waals surface area (Å²) in [6.07, 6.45) is 1.92. The second-order valence-electron chi connectivity index (χ2n) is 3.48. The van der Waals surface area contributed by atoms with E-state index in [4.69, 9.17) is 11.6 Å². The van der Waals surface area contributed by atoms with Gasteiger partial charge in [-0.2, -0.15) is 0 Å². The summed E-state index contributed by atoms with van der Waals surface area (Å²) in [5.41, 5.74) is 0. The van der Waals surface area contributed by atoms with Gasteiger partial charge in [-0.25, -0.2) is 4.98 Å². The molecule has 0 spiro atoms. The van der Waals surface area contributed by atoms with Gasteiger partial charge in [0, 0.05) is 0 Å². The average Bonchev–Trinajstić information content (AvgIpc) is 2.70. The number of nitrogens with zero attached hydrogens (tertiary/aromatic N) is 1. The molecule has 1 fully saturated rings. The van der Waals surface area contributed by atoms with Crippen molar-refractivity contribution in [3.05, 3.63) is 23.4 Å². The van der Waals surface area contributed by atoms with Crippen LogP contribution in [0.2, 0.25) is 5.15 Å². The molecule has 1 aliphatic heterocycles. The maximum atomic E-state index is 11.7. The molecule has 5 heteroatoms. The van der Waals surface area contributed by atoms with Gasteiger partial charge >= 0.3 is 0 Å². The Balaban J connectivity index is 1.99. The molecule has 2 rings (SSSR count). The first-order valence-corrected chi connectivity index (χ1v) is 5.30. The van der Waals surface area contributed by atoms with Gasteiger partial charge in [0.05, 0.1) is 6.04 Å². The fourth-order valence-corrected chi connectivity index (χ4v) is 1.76. The van der Waals surface area contributed by atoms with Gasteiger partial charge < -0.3 is 10.6 Å². The number of halogens is 1. The van der Waals surface area contributed by atoms with Crippen LogP contribution in [0.15, 0.2) is 18.2 Å². The van der Waals surface area contributed by atoms with Crippen LogP contribution in [-0.2, 0) is 4.79 Å². The number of amides is 1. The summed E-state index contributed by atoms with van der Waals surface area (Å²) in [4.78, 5) is 15.7. The molecule has 0 aliphatic carbocycles. The molecule has 2 heterocycles. The zero-order chi connectivity index (χ0) is 10.7. The van der Waals surface area contributed by atoms with E-state index in [1.54, 1.807) is 18.2 Å². The van der Waals surface area contributed by atoms with Gasteiger partial charge in [-0.3, -0.25) is 4.79 Å². The Morgan fingerprint density at radius 1 is 1.60 bits per heavy atom. The summed E-state index contributed by atoms with van der Waals surface area (Å²) >= 11 is 5.71. The summed E-state index contributed by atoms with van der Waals surface area (Å²) in [5, 5.41) is 6.23. The molecule has 1 unspecified atom stereocenters. The topological polar surface area (TPSA) is 54.0 Å². The first kappa shape index (κ1) is 10.4. The van der Waals surface area contributed by atoms with Crippen LogP contribution in [0.5, 0.6) is 0 Å². The number of carbonyl (C=O) groups excluding carboxylic acids is 1. The van der Waals surface area contributed by atoms with E-state index in [-0.39, 0.29) is 11.9 Å². The monoisotopic (exact) mass is 225 g/mol. The molecule has 2 N–H and O–H groups in total. The average molecular weight is 226 g/mol. The molecule has 1 aromatic heterocycles.